The molecule has 0 atom stereocenters. The van der Waals surface area contributed by atoms with Crippen LogP contribution in [0.2, 0.25) is 0 Å². The van der Waals surface area contributed by atoms with Gasteiger partial charge in [-0.15, -0.1) is 0 Å². The molecule has 0 spiro atoms. The van der Waals surface area contributed by atoms with Crippen molar-refractivity contribution in [1.82, 2.24) is 0 Å². The highest BCUT2D eigenvalue weighted by Gasteiger charge is 2.36. The fourth-order valence-electron chi connectivity index (χ4n) is 4.66. The maximum absolute atomic E-state index is 13.9. The number of benzene rings is 4. The van der Waals surface area contributed by atoms with Crippen LogP contribution in [0.25, 0.3) is 10.8 Å². The molecule has 0 bridgehead atoms. The summed E-state index contributed by atoms with van der Waals surface area (Å²) >= 11 is 5.26. The first-order valence-electron chi connectivity index (χ1n) is 12.3. The standard InChI is InChI=1S/C29H27N5O3S2/c1-18(2)20-10-15-26-25(16-20)27(32-34(29(30)38)22-11-13-23(14-12-22)39(31,36)37)28(35)33(26)17-21-8-5-7-19-6-3-4-9-24(19)21/h3-16,18H,17H2,1-2H3,(H2,30,38)(H2,31,36,37)/b32-27-. The summed E-state index contributed by atoms with van der Waals surface area (Å²) in [6, 6.07) is 25.7. The topological polar surface area (TPSA) is 122 Å². The van der Waals surface area contributed by atoms with E-state index in [2.05, 4.69) is 18.9 Å². The van der Waals surface area contributed by atoms with E-state index in [1.54, 1.807) is 4.90 Å². The summed E-state index contributed by atoms with van der Waals surface area (Å²) in [5.74, 6) is -0.0579. The van der Waals surface area contributed by atoms with Crippen LogP contribution >= 0.6 is 12.2 Å². The highest BCUT2D eigenvalue weighted by atomic mass is 32.2. The summed E-state index contributed by atoms with van der Waals surface area (Å²) in [6.45, 7) is 4.51. The molecule has 8 nitrogen and oxygen atoms in total. The van der Waals surface area contributed by atoms with Gasteiger partial charge < -0.3 is 10.6 Å². The lowest BCUT2D eigenvalue weighted by molar-refractivity contribution is -0.112. The summed E-state index contributed by atoms with van der Waals surface area (Å²) in [7, 11) is -3.88. The van der Waals surface area contributed by atoms with Crippen molar-refractivity contribution >= 4 is 61.1 Å². The summed E-state index contributed by atoms with van der Waals surface area (Å²) in [5.41, 5.74) is 10.1. The van der Waals surface area contributed by atoms with Crippen molar-refractivity contribution in [2.24, 2.45) is 16.0 Å². The molecule has 1 amide bonds. The fourth-order valence-corrected chi connectivity index (χ4v) is 5.32. The van der Waals surface area contributed by atoms with Crippen LogP contribution in [0.3, 0.4) is 0 Å². The molecule has 0 radical (unpaired) electrons. The van der Waals surface area contributed by atoms with E-state index in [0.717, 1.165) is 27.6 Å². The van der Waals surface area contributed by atoms with Crippen LogP contribution in [0.5, 0.6) is 0 Å². The van der Waals surface area contributed by atoms with Gasteiger partial charge in [0.15, 0.2) is 10.8 Å². The predicted octanol–water partition coefficient (Wildman–Crippen LogP) is 4.61. The number of sulfonamides is 1. The highest BCUT2D eigenvalue weighted by molar-refractivity contribution is 7.89. The van der Waals surface area contributed by atoms with Crippen molar-refractivity contribution < 1.29 is 13.2 Å². The van der Waals surface area contributed by atoms with Crippen molar-refractivity contribution in [2.45, 2.75) is 31.2 Å². The number of fused-ring (bicyclic) bond motifs is 2. The molecule has 4 aromatic rings. The van der Waals surface area contributed by atoms with Crippen LogP contribution in [0.4, 0.5) is 11.4 Å². The maximum Gasteiger partial charge on any atom is 0.279 e. The van der Waals surface area contributed by atoms with Gasteiger partial charge in [0, 0.05) is 5.56 Å². The Bertz CT molecular complexity index is 1740. The number of nitrogens with two attached hydrogens (primary N) is 2. The number of hydrazone groups is 1. The van der Waals surface area contributed by atoms with Crippen LogP contribution in [0, 0.1) is 0 Å². The number of thiocarbonyl (C=S) groups is 1. The predicted molar refractivity (Wildman–Crippen MR) is 159 cm³/mol. The smallest absolute Gasteiger partial charge is 0.279 e. The number of carbonyl (C=O) groups is 1. The number of rotatable bonds is 6. The fraction of sp³-hybridized carbons (Fsp3) is 0.138. The second kappa shape index (κ2) is 10.2. The number of hydrogen-bond acceptors (Lipinski definition) is 5. The first-order valence-corrected chi connectivity index (χ1v) is 14.2. The van der Waals surface area contributed by atoms with Crippen molar-refractivity contribution in [1.29, 1.82) is 0 Å². The van der Waals surface area contributed by atoms with Gasteiger partial charge >= 0.3 is 0 Å². The van der Waals surface area contributed by atoms with E-state index < -0.39 is 10.0 Å². The normalized spacial score (nSPS) is 14.3. The van der Waals surface area contributed by atoms with Crippen molar-refractivity contribution in [3.05, 3.63) is 102 Å². The molecule has 1 aliphatic heterocycles. The Labute approximate surface area is 232 Å². The molecule has 0 aromatic heterocycles. The zero-order valence-electron chi connectivity index (χ0n) is 21.4. The number of primary sulfonamides is 1. The Balaban J connectivity index is 1.61. The molecule has 1 heterocycles. The minimum Gasteiger partial charge on any atom is -0.374 e. The molecule has 0 saturated heterocycles. The van der Waals surface area contributed by atoms with Crippen LogP contribution < -0.4 is 20.8 Å². The van der Waals surface area contributed by atoms with Crippen LogP contribution in [-0.2, 0) is 21.4 Å². The van der Waals surface area contributed by atoms with Gasteiger partial charge in [-0.1, -0.05) is 62.4 Å². The van der Waals surface area contributed by atoms with E-state index in [-0.39, 0.29) is 27.5 Å². The number of hydrogen-bond donors (Lipinski definition) is 2. The molecule has 198 valence electrons. The third-order valence-electron chi connectivity index (χ3n) is 6.71. The Morgan fingerprint density at radius 1 is 1.00 bits per heavy atom. The Morgan fingerprint density at radius 2 is 1.69 bits per heavy atom. The molecular weight excluding hydrogens is 530 g/mol. The molecule has 0 fully saturated rings. The SMILES string of the molecule is CC(C)c1ccc2c(c1)/C(=N/N(C(N)=S)c1ccc(S(N)(=O)=O)cc1)C(=O)N2Cc1cccc2ccccc12. The zero-order chi connectivity index (χ0) is 27.9. The van der Waals surface area contributed by atoms with E-state index >= 15 is 0 Å². The Morgan fingerprint density at radius 3 is 2.36 bits per heavy atom. The highest BCUT2D eigenvalue weighted by Crippen LogP contribution is 2.35. The van der Waals surface area contributed by atoms with Gasteiger partial charge in [-0.25, -0.2) is 18.6 Å². The quantitative estimate of drug-likeness (QED) is 0.264. The molecule has 5 rings (SSSR count). The van der Waals surface area contributed by atoms with E-state index in [1.807, 2.05) is 60.7 Å². The van der Waals surface area contributed by atoms with E-state index in [9.17, 15) is 13.2 Å². The summed E-state index contributed by atoms with van der Waals surface area (Å²) in [5, 5.41) is 13.2. The van der Waals surface area contributed by atoms with Gasteiger partial charge in [-0.2, -0.15) is 5.10 Å². The number of nitrogens with zero attached hydrogens (tertiary/aromatic N) is 3. The Kier molecular flexibility index (Phi) is 6.94. The third kappa shape index (κ3) is 5.14. The van der Waals surface area contributed by atoms with Gasteiger partial charge in [0.1, 0.15) is 0 Å². The minimum absolute atomic E-state index is 0.0630. The third-order valence-corrected chi connectivity index (χ3v) is 7.81. The average Bonchev–Trinajstić information content (AvgIpc) is 3.16. The second-order valence-corrected chi connectivity index (χ2v) is 11.6. The Hall–Kier alpha value is -4.12. The van der Waals surface area contributed by atoms with Gasteiger partial charge in [0.05, 0.1) is 22.8 Å². The monoisotopic (exact) mass is 557 g/mol. The van der Waals surface area contributed by atoms with Crippen LogP contribution in [0.15, 0.2) is 94.9 Å². The summed E-state index contributed by atoms with van der Waals surface area (Å²) in [4.78, 5) is 15.6. The molecule has 4 N–H and O–H groups in total. The van der Waals surface area contributed by atoms with Gasteiger partial charge in [-0.3, -0.25) is 4.79 Å². The van der Waals surface area contributed by atoms with E-state index in [4.69, 9.17) is 23.1 Å². The minimum atomic E-state index is -3.88. The molecule has 39 heavy (non-hydrogen) atoms. The van der Waals surface area contributed by atoms with Crippen molar-refractivity contribution in [3.8, 4) is 0 Å². The van der Waals surface area contributed by atoms with Gasteiger partial charge in [0.2, 0.25) is 10.0 Å². The van der Waals surface area contributed by atoms with Crippen molar-refractivity contribution in [2.75, 3.05) is 9.91 Å². The van der Waals surface area contributed by atoms with Crippen LogP contribution in [0.1, 0.15) is 36.5 Å². The summed E-state index contributed by atoms with van der Waals surface area (Å²) in [6.07, 6.45) is 0. The lowest BCUT2D eigenvalue weighted by Gasteiger charge is -2.19. The number of anilines is 2. The lowest BCUT2D eigenvalue weighted by Crippen LogP contribution is -2.35. The molecule has 0 unspecified atom stereocenters. The molecule has 4 aromatic carbocycles. The lowest BCUT2D eigenvalue weighted by atomic mass is 9.99. The van der Waals surface area contributed by atoms with Gasteiger partial charge in [0.25, 0.3) is 5.91 Å². The zero-order valence-corrected chi connectivity index (χ0v) is 23.0. The maximum atomic E-state index is 13.9. The average molecular weight is 558 g/mol. The molecule has 1 aliphatic rings. The van der Waals surface area contributed by atoms with Crippen LogP contribution in [-0.4, -0.2) is 25.1 Å². The first kappa shape index (κ1) is 26.5. The molecule has 0 saturated carbocycles. The van der Waals surface area contributed by atoms with Gasteiger partial charge in [-0.05, 0) is 76.4 Å². The first-order chi connectivity index (χ1) is 18.5. The molecule has 10 heteroatoms. The summed E-state index contributed by atoms with van der Waals surface area (Å²) < 4.78 is 23.4. The van der Waals surface area contributed by atoms with Crippen molar-refractivity contribution in [3.63, 3.8) is 0 Å². The number of amides is 1. The number of carbonyl (C=O) groups excluding carboxylic acids is 1. The second-order valence-electron chi connectivity index (χ2n) is 9.60. The van der Waals surface area contributed by atoms with E-state index in [0.29, 0.717) is 17.8 Å². The van der Waals surface area contributed by atoms with E-state index in [1.165, 1.54) is 29.3 Å². The molecule has 0 aliphatic carbocycles. The largest absolute Gasteiger partial charge is 0.374 e. The molecular formula is C29H27N5O3S2.